The van der Waals surface area contributed by atoms with Gasteiger partial charge in [0, 0.05) is 11.1 Å². The standard InChI is InChI=1S/C30H14F6N4/c1-37-40-27-21-5-3-2-4-20(21)26-28(27)39-25-15-23(17-8-12-19(13-9-17)30(34,35)36)22(14-24(25)38-26)16-6-10-18(11-7-16)29(31,32)33/h2-15H/b40-27+. The topological polar surface area (TPSA) is 42.5 Å². The van der Waals surface area contributed by atoms with Crippen molar-refractivity contribution in [2.45, 2.75) is 12.4 Å². The number of aromatic nitrogens is 2. The molecule has 0 amide bonds. The molecule has 5 aromatic rings. The quantitative estimate of drug-likeness (QED) is 0.124. The van der Waals surface area contributed by atoms with Gasteiger partial charge < -0.3 is 0 Å². The van der Waals surface area contributed by atoms with Crippen molar-refractivity contribution in [3.8, 4) is 33.5 Å². The van der Waals surface area contributed by atoms with Crippen molar-refractivity contribution in [3.63, 3.8) is 0 Å². The Morgan fingerprint density at radius 1 is 0.575 bits per heavy atom. The second-order valence-electron chi connectivity index (χ2n) is 9.05. The van der Waals surface area contributed by atoms with Crippen LogP contribution in [0.15, 0.2) is 90.0 Å². The van der Waals surface area contributed by atoms with E-state index >= 15 is 0 Å². The SMILES string of the molecule is [C-]#[N+]/N=C1\c2ccccc2-c2nc3cc(-c4ccc(C(F)(F)F)cc4)c(-c4ccc(C(F)(F)F)cc4)cc3nc21. The van der Waals surface area contributed by atoms with E-state index in [1.807, 2.05) is 12.1 Å². The van der Waals surface area contributed by atoms with Crippen LogP contribution in [0, 0.1) is 6.57 Å². The Bertz CT molecular complexity index is 1860. The zero-order valence-electron chi connectivity index (χ0n) is 20.1. The largest absolute Gasteiger partial charge is 0.416 e. The molecule has 1 heterocycles. The summed E-state index contributed by atoms with van der Waals surface area (Å²) in [6.45, 7) is 7.24. The molecule has 0 atom stereocenters. The maximum atomic E-state index is 13.2. The van der Waals surface area contributed by atoms with Gasteiger partial charge in [0.25, 0.3) is 0 Å². The summed E-state index contributed by atoms with van der Waals surface area (Å²) in [5, 5.41) is 3.93. The average Bonchev–Trinajstić information content (AvgIpc) is 3.23. The molecule has 0 N–H and O–H groups in total. The smallest absolute Gasteiger partial charge is 0.244 e. The number of halogens is 6. The first kappa shape index (κ1) is 25.2. The Morgan fingerprint density at radius 2 is 1.02 bits per heavy atom. The Hall–Kier alpha value is -5.04. The van der Waals surface area contributed by atoms with Crippen molar-refractivity contribution < 1.29 is 26.3 Å². The van der Waals surface area contributed by atoms with E-state index < -0.39 is 23.5 Å². The molecule has 1 aliphatic rings. The number of nitrogens with zero attached hydrogens (tertiary/aromatic N) is 4. The van der Waals surface area contributed by atoms with Crippen molar-refractivity contribution in [2.24, 2.45) is 5.10 Å². The van der Waals surface area contributed by atoms with Crippen LogP contribution in [-0.2, 0) is 12.4 Å². The molecule has 0 saturated heterocycles. The summed E-state index contributed by atoms with van der Waals surface area (Å²) in [5.74, 6) is 0. The van der Waals surface area contributed by atoms with Gasteiger partial charge in [-0.25, -0.2) is 9.97 Å². The van der Waals surface area contributed by atoms with Gasteiger partial charge in [-0.3, -0.25) is 0 Å². The van der Waals surface area contributed by atoms with E-state index in [0.29, 0.717) is 56.0 Å². The van der Waals surface area contributed by atoms with Gasteiger partial charge in [0.05, 0.1) is 33.0 Å². The van der Waals surface area contributed by atoms with Crippen LogP contribution >= 0.6 is 0 Å². The first-order valence-electron chi connectivity index (χ1n) is 11.8. The highest BCUT2D eigenvalue weighted by atomic mass is 19.4. The van der Waals surface area contributed by atoms with Gasteiger partial charge in [0.15, 0.2) is 5.71 Å². The van der Waals surface area contributed by atoms with Crippen LogP contribution in [0.5, 0.6) is 0 Å². The molecule has 0 saturated carbocycles. The Labute approximate surface area is 223 Å². The third-order valence-corrected chi connectivity index (χ3v) is 6.66. The fourth-order valence-electron chi connectivity index (χ4n) is 4.79. The van der Waals surface area contributed by atoms with Crippen LogP contribution in [0.1, 0.15) is 22.4 Å². The minimum Gasteiger partial charge on any atom is -0.244 e. The number of rotatable bonds is 2. The number of fused-ring (bicyclic) bond motifs is 4. The molecule has 196 valence electrons. The molecule has 4 aromatic carbocycles. The van der Waals surface area contributed by atoms with Crippen LogP contribution < -0.4 is 0 Å². The van der Waals surface area contributed by atoms with E-state index in [0.717, 1.165) is 29.8 Å². The molecule has 1 aromatic heterocycles. The van der Waals surface area contributed by atoms with Gasteiger partial charge in [0.1, 0.15) is 5.69 Å². The first-order chi connectivity index (χ1) is 19.0. The summed E-state index contributed by atoms with van der Waals surface area (Å²) in [6.07, 6.45) is -9.06. The van der Waals surface area contributed by atoms with E-state index in [9.17, 15) is 26.3 Å². The Morgan fingerprint density at radius 3 is 1.48 bits per heavy atom. The fraction of sp³-hybridized carbons (Fsp3) is 0.0667. The summed E-state index contributed by atoms with van der Waals surface area (Å²) in [5.41, 5.74) is 3.58. The number of benzene rings is 4. The number of hydrogen-bond donors (Lipinski definition) is 0. The van der Waals surface area contributed by atoms with E-state index in [1.54, 1.807) is 24.3 Å². The van der Waals surface area contributed by atoms with Gasteiger partial charge >= 0.3 is 12.4 Å². The van der Waals surface area contributed by atoms with Crippen molar-refractivity contribution in [3.05, 3.63) is 119 Å². The summed E-state index contributed by atoms with van der Waals surface area (Å²) < 4.78 is 79.2. The predicted molar refractivity (Wildman–Crippen MR) is 138 cm³/mol. The normalized spacial score (nSPS) is 13.8. The summed E-state index contributed by atoms with van der Waals surface area (Å²) in [7, 11) is 0. The van der Waals surface area contributed by atoms with Gasteiger partial charge in [0.2, 0.25) is 0 Å². The molecule has 6 rings (SSSR count). The molecule has 0 fully saturated rings. The summed E-state index contributed by atoms with van der Waals surface area (Å²) in [6, 6.07) is 19.6. The van der Waals surface area contributed by atoms with Crippen LogP contribution in [0.2, 0.25) is 0 Å². The van der Waals surface area contributed by atoms with Crippen LogP contribution in [0.25, 0.3) is 49.5 Å². The Balaban J connectivity index is 1.59. The zero-order chi connectivity index (χ0) is 28.2. The minimum absolute atomic E-state index is 0.359. The van der Waals surface area contributed by atoms with Crippen LogP contribution in [-0.4, -0.2) is 15.7 Å². The third kappa shape index (κ3) is 4.25. The molecular weight excluding hydrogens is 530 g/mol. The maximum Gasteiger partial charge on any atom is 0.416 e. The van der Waals surface area contributed by atoms with Gasteiger partial charge in [-0.05, 0) is 58.7 Å². The molecule has 4 nitrogen and oxygen atoms in total. The second kappa shape index (κ2) is 9.02. The van der Waals surface area contributed by atoms with Crippen molar-refractivity contribution in [1.29, 1.82) is 0 Å². The molecule has 0 bridgehead atoms. The molecule has 40 heavy (non-hydrogen) atoms. The highest BCUT2D eigenvalue weighted by Crippen LogP contribution is 2.41. The van der Waals surface area contributed by atoms with E-state index in [1.165, 1.54) is 24.3 Å². The Kier molecular flexibility index (Phi) is 5.69. The first-order valence-corrected chi connectivity index (χ1v) is 11.8. The lowest BCUT2D eigenvalue weighted by Gasteiger charge is -2.15. The van der Waals surface area contributed by atoms with E-state index in [4.69, 9.17) is 16.5 Å². The summed E-state index contributed by atoms with van der Waals surface area (Å²) in [4.78, 5) is 12.7. The lowest BCUT2D eigenvalue weighted by Crippen LogP contribution is -2.04. The molecule has 0 radical (unpaired) electrons. The highest BCUT2D eigenvalue weighted by Gasteiger charge is 2.32. The monoisotopic (exact) mass is 544 g/mol. The van der Waals surface area contributed by atoms with Gasteiger partial charge in [-0.1, -0.05) is 48.5 Å². The molecule has 0 unspecified atom stereocenters. The minimum atomic E-state index is -4.53. The number of hydrogen-bond acceptors (Lipinski definition) is 3. The molecule has 1 aliphatic carbocycles. The van der Waals surface area contributed by atoms with Crippen molar-refractivity contribution in [2.75, 3.05) is 0 Å². The van der Waals surface area contributed by atoms with Gasteiger partial charge in [-0.15, -0.1) is 4.95 Å². The lowest BCUT2D eigenvalue weighted by atomic mass is 9.92. The average molecular weight is 544 g/mol. The van der Waals surface area contributed by atoms with E-state index in [2.05, 4.69) is 10.1 Å². The van der Waals surface area contributed by atoms with Crippen molar-refractivity contribution in [1.82, 2.24) is 9.97 Å². The van der Waals surface area contributed by atoms with Crippen LogP contribution in [0.3, 0.4) is 0 Å². The number of alkyl halides is 6. The molecule has 0 aliphatic heterocycles. The molecular formula is C30H14F6N4. The highest BCUT2D eigenvalue weighted by molar-refractivity contribution is 6.23. The van der Waals surface area contributed by atoms with Gasteiger partial charge in [-0.2, -0.15) is 32.9 Å². The third-order valence-electron chi connectivity index (χ3n) is 6.66. The predicted octanol–water partition coefficient (Wildman–Crippen LogP) is 8.65. The van der Waals surface area contributed by atoms with Crippen LogP contribution in [0.4, 0.5) is 26.3 Å². The molecule has 10 heteroatoms. The lowest BCUT2D eigenvalue weighted by molar-refractivity contribution is -0.138. The van der Waals surface area contributed by atoms with Crippen molar-refractivity contribution >= 4 is 16.7 Å². The fourth-order valence-corrected chi connectivity index (χ4v) is 4.79. The maximum absolute atomic E-state index is 13.2. The second-order valence-corrected chi connectivity index (χ2v) is 9.05. The van der Waals surface area contributed by atoms with E-state index in [-0.39, 0.29) is 0 Å². The summed E-state index contributed by atoms with van der Waals surface area (Å²) >= 11 is 0. The zero-order valence-corrected chi connectivity index (χ0v) is 20.1. The molecule has 0 spiro atoms.